The Morgan fingerprint density at radius 1 is 0.841 bits per heavy atom. The summed E-state index contributed by atoms with van der Waals surface area (Å²) in [6.07, 6.45) is 6.11. The number of hydrogen-bond acceptors (Lipinski definition) is 16. The summed E-state index contributed by atoms with van der Waals surface area (Å²) in [6.45, 7) is 11.8. The van der Waals surface area contributed by atoms with Crippen molar-refractivity contribution in [3.8, 4) is 0 Å². The minimum Gasteiger partial charge on any atom is -0.466 e. The molecule has 0 saturated carbocycles. The summed E-state index contributed by atoms with van der Waals surface area (Å²) in [4.78, 5) is 64.6. The van der Waals surface area contributed by atoms with Crippen molar-refractivity contribution in [3.05, 3.63) is 59.8 Å². The topological polar surface area (TPSA) is 220 Å². The molecular formula is C47H68O16. The molecule has 4 aliphatic heterocycles. The smallest absolute Gasteiger partial charge is 0.331 e. The van der Waals surface area contributed by atoms with Crippen LogP contribution in [0.3, 0.4) is 0 Å². The maximum atomic E-state index is 13.4. The molecule has 352 valence electrons. The van der Waals surface area contributed by atoms with Crippen LogP contribution in [0.4, 0.5) is 0 Å². The zero-order chi connectivity index (χ0) is 46.8. The van der Waals surface area contributed by atoms with Gasteiger partial charge in [-0.05, 0) is 37.7 Å². The largest absolute Gasteiger partial charge is 0.466 e. The fourth-order valence-corrected chi connectivity index (χ4v) is 8.58. The number of hydrogen-bond donors (Lipinski definition) is 3. The minimum atomic E-state index is -2.37. The summed E-state index contributed by atoms with van der Waals surface area (Å²) >= 11 is 0. The molecule has 16 nitrogen and oxygen atoms in total. The van der Waals surface area contributed by atoms with Gasteiger partial charge in [0.1, 0.15) is 12.2 Å². The molecular weight excluding hydrogens is 821 g/mol. The van der Waals surface area contributed by atoms with E-state index in [2.05, 4.69) is 0 Å². The first-order chi connectivity index (χ1) is 29.6. The summed E-state index contributed by atoms with van der Waals surface area (Å²) in [5.41, 5.74) is -1.85. The number of cyclic esters (lactones) is 1. The molecule has 1 unspecified atom stereocenters. The van der Waals surface area contributed by atoms with E-state index < -0.39 is 108 Å². The van der Waals surface area contributed by atoms with Crippen molar-refractivity contribution in [1.82, 2.24) is 0 Å². The molecule has 0 aromatic heterocycles. The first-order valence-corrected chi connectivity index (χ1v) is 21.9. The monoisotopic (exact) mass is 888 g/mol. The summed E-state index contributed by atoms with van der Waals surface area (Å²) in [7, 11) is 2.45. The fourth-order valence-electron chi connectivity index (χ4n) is 8.58. The van der Waals surface area contributed by atoms with Crippen molar-refractivity contribution >= 4 is 29.8 Å². The van der Waals surface area contributed by atoms with E-state index in [0.29, 0.717) is 12.0 Å². The number of ether oxygens (including phenoxy) is 8. The molecule has 4 aliphatic rings. The molecule has 0 aliphatic carbocycles. The Bertz CT molecular complexity index is 1790. The van der Waals surface area contributed by atoms with Crippen LogP contribution in [0, 0.1) is 10.8 Å². The van der Waals surface area contributed by atoms with Gasteiger partial charge >= 0.3 is 29.8 Å². The molecule has 6 bridgehead atoms. The van der Waals surface area contributed by atoms with Gasteiger partial charge in [0, 0.05) is 56.3 Å². The molecule has 16 heteroatoms. The summed E-state index contributed by atoms with van der Waals surface area (Å²) in [5.74, 6) is -7.89. The second kappa shape index (κ2) is 22.1. The maximum Gasteiger partial charge on any atom is 0.331 e. The van der Waals surface area contributed by atoms with Crippen LogP contribution < -0.4 is 0 Å². The van der Waals surface area contributed by atoms with Crippen LogP contribution in [-0.4, -0.2) is 120 Å². The van der Waals surface area contributed by atoms with Crippen LogP contribution in [0.5, 0.6) is 0 Å². The molecule has 3 saturated heterocycles. The van der Waals surface area contributed by atoms with E-state index in [0.717, 1.165) is 18.9 Å². The van der Waals surface area contributed by atoms with E-state index in [1.807, 2.05) is 13.0 Å². The quantitative estimate of drug-likeness (QED) is 0.0878. The van der Waals surface area contributed by atoms with E-state index in [1.165, 1.54) is 39.4 Å². The average molecular weight is 889 g/mol. The summed E-state index contributed by atoms with van der Waals surface area (Å²) < 4.78 is 47.0. The fraction of sp³-hybridized carbons (Fsp3) is 0.681. The third-order valence-corrected chi connectivity index (χ3v) is 12.3. The number of allylic oxidation sites excluding steroid dienone is 3. The number of methoxy groups -OCH3 is 2. The zero-order valence-electron chi connectivity index (χ0n) is 38.2. The first kappa shape index (κ1) is 51.4. The molecule has 4 rings (SSSR count). The Kier molecular flexibility index (Phi) is 18.1. The highest BCUT2D eigenvalue weighted by atomic mass is 16.7. The predicted octanol–water partition coefficient (Wildman–Crippen LogP) is 5.31. The van der Waals surface area contributed by atoms with Gasteiger partial charge < -0.3 is 53.2 Å². The molecule has 63 heavy (non-hydrogen) atoms. The van der Waals surface area contributed by atoms with Gasteiger partial charge in [-0.15, -0.1) is 0 Å². The van der Waals surface area contributed by atoms with Crippen LogP contribution in [0.15, 0.2) is 59.8 Å². The molecule has 0 spiro atoms. The first-order valence-electron chi connectivity index (χ1n) is 21.9. The van der Waals surface area contributed by atoms with Gasteiger partial charge in [0.15, 0.2) is 11.9 Å². The number of unbranched alkanes of at least 4 members (excludes halogenated alkanes) is 1. The highest BCUT2D eigenvalue weighted by Gasteiger charge is 2.59. The number of fused-ring (bicyclic) bond motifs is 6. The highest BCUT2D eigenvalue weighted by Crippen LogP contribution is 2.50. The van der Waals surface area contributed by atoms with Crippen LogP contribution in [0.25, 0.3) is 0 Å². The van der Waals surface area contributed by atoms with Crippen molar-refractivity contribution in [2.24, 2.45) is 10.8 Å². The number of carbonyl (C=O) groups excluding carboxylic acids is 5. The van der Waals surface area contributed by atoms with Crippen molar-refractivity contribution in [2.45, 2.75) is 180 Å². The molecule has 3 fully saturated rings. The van der Waals surface area contributed by atoms with Gasteiger partial charge in [0.05, 0.1) is 56.6 Å². The maximum absolute atomic E-state index is 13.4. The molecule has 0 radical (unpaired) electrons. The molecule has 4 heterocycles. The van der Waals surface area contributed by atoms with E-state index in [9.17, 15) is 39.3 Å². The third kappa shape index (κ3) is 13.4. The Morgan fingerprint density at radius 3 is 2.19 bits per heavy atom. The summed E-state index contributed by atoms with van der Waals surface area (Å²) in [5, 5.41) is 36.6. The van der Waals surface area contributed by atoms with Crippen molar-refractivity contribution in [1.29, 1.82) is 0 Å². The number of aliphatic hydroxyl groups is 3. The van der Waals surface area contributed by atoms with Gasteiger partial charge in [-0.1, -0.05) is 83.9 Å². The molecule has 0 aromatic rings. The Labute approximate surface area is 370 Å². The predicted molar refractivity (Wildman–Crippen MR) is 227 cm³/mol. The van der Waals surface area contributed by atoms with Crippen LogP contribution in [0.1, 0.15) is 119 Å². The van der Waals surface area contributed by atoms with Crippen molar-refractivity contribution in [2.75, 3.05) is 14.2 Å². The Hall–Kier alpha value is -4.19. The number of esters is 5. The SMILES string of the molecule is CCC/C=C/C=C/C(=O)O[C@@H]1/C(=C/C(=O)OC)C[C@H]2C[C@@H](CC)OC(=O)C[C@@H](O)C[C@H]3C[C@H](OC(C)=O)C(C)(C)[C@](O)(C[C@@H]4C/C(=C/C(=O)OC)C[C@@H](/C=C/C(C)(C)C1(O)O2)O4)O3. The molecule has 0 aromatic carbocycles. The van der Waals surface area contributed by atoms with Crippen LogP contribution in [-0.2, 0) is 61.9 Å². The van der Waals surface area contributed by atoms with E-state index in [1.54, 1.807) is 52.8 Å². The number of carbonyl (C=O) groups is 5. The Balaban J connectivity index is 1.87. The average Bonchev–Trinajstić information content (AvgIpc) is 3.19. The van der Waals surface area contributed by atoms with Gasteiger partial charge in [-0.2, -0.15) is 0 Å². The van der Waals surface area contributed by atoms with Gasteiger partial charge in [0.25, 0.3) is 0 Å². The minimum absolute atomic E-state index is 0.0250. The van der Waals surface area contributed by atoms with Crippen LogP contribution >= 0.6 is 0 Å². The lowest BCUT2D eigenvalue weighted by molar-refractivity contribution is -0.348. The number of rotatable bonds is 9. The van der Waals surface area contributed by atoms with E-state index in [4.69, 9.17) is 37.9 Å². The zero-order valence-corrected chi connectivity index (χ0v) is 38.2. The van der Waals surface area contributed by atoms with Crippen LogP contribution in [0.2, 0.25) is 0 Å². The second-order valence-electron chi connectivity index (χ2n) is 18.0. The molecule has 10 atom stereocenters. The summed E-state index contributed by atoms with van der Waals surface area (Å²) in [6, 6.07) is 0. The lowest BCUT2D eigenvalue weighted by Crippen LogP contribution is -2.62. The standard InChI is InChI=1S/C47H68O16/c1-10-12-13-14-15-16-39(50)61-43-31(23-41(52)57-9)22-35-26-33(11-2)60-42(53)25-32(49)24-36-27-38(58-29(3)48)45(6,7)46(54,62-36)28-37-20-30(21-40(51)56-8)19-34(59-37)17-18-44(4,5)47(43,55)63-35/h13-18,21,23,32-38,43,49,54-55H,10-12,19-20,22,24-28H2,1-9H3/b14-13+,16-15+,18-17+,30-21+,31-23+/t32-,33+,34+,35-,36-,37-,38-,43+,46-,47?/m0/s1. The Morgan fingerprint density at radius 2 is 1.54 bits per heavy atom. The van der Waals surface area contributed by atoms with Crippen molar-refractivity contribution < 1.29 is 77.2 Å². The van der Waals surface area contributed by atoms with Gasteiger partial charge in [-0.3, -0.25) is 9.59 Å². The lowest BCUT2D eigenvalue weighted by atomic mass is 9.70. The van der Waals surface area contributed by atoms with Gasteiger partial charge in [0.2, 0.25) is 5.79 Å². The second-order valence-corrected chi connectivity index (χ2v) is 18.0. The molecule has 3 N–H and O–H groups in total. The normalized spacial score (nSPS) is 35.7. The number of aliphatic hydroxyl groups excluding tert-OH is 1. The lowest BCUT2D eigenvalue weighted by Gasteiger charge is -2.53. The third-order valence-electron chi connectivity index (χ3n) is 12.3. The van der Waals surface area contributed by atoms with E-state index in [-0.39, 0.29) is 50.5 Å². The highest BCUT2D eigenvalue weighted by molar-refractivity contribution is 5.85. The molecule has 0 amide bonds. The van der Waals surface area contributed by atoms with E-state index >= 15 is 0 Å². The van der Waals surface area contributed by atoms with Crippen molar-refractivity contribution in [3.63, 3.8) is 0 Å². The van der Waals surface area contributed by atoms with Gasteiger partial charge in [-0.25, -0.2) is 14.4 Å².